The smallest absolute Gasteiger partial charge is 0.00702 e. The first-order chi connectivity index (χ1) is 6.24. The molecule has 0 spiro atoms. The lowest BCUT2D eigenvalue weighted by molar-refractivity contribution is 0.240. The van der Waals surface area contributed by atoms with Crippen LogP contribution in [0.2, 0.25) is 0 Å². The van der Waals surface area contributed by atoms with E-state index >= 15 is 0 Å². The topological polar surface area (TPSA) is 26.0 Å². The first-order valence-electron chi connectivity index (χ1n) is 5.60. The highest BCUT2D eigenvalue weighted by Crippen LogP contribution is 2.31. The summed E-state index contributed by atoms with van der Waals surface area (Å²) < 4.78 is 0. The number of rotatable bonds is 4. The molecule has 0 aliphatic heterocycles. The number of hydrogen-bond donors (Lipinski definition) is 1. The number of hydrogen-bond acceptors (Lipinski definition) is 1. The molecule has 1 saturated carbocycles. The van der Waals surface area contributed by atoms with Crippen molar-refractivity contribution >= 4 is 0 Å². The fourth-order valence-corrected chi connectivity index (χ4v) is 2.42. The van der Waals surface area contributed by atoms with E-state index in [1.165, 1.54) is 25.7 Å². The highest BCUT2D eigenvalue weighted by molar-refractivity contribution is 4.81. The van der Waals surface area contributed by atoms with Crippen LogP contribution in [0.1, 0.15) is 45.4 Å². The molecule has 0 aromatic carbocycles. The molecule has 0 aromatic rings. The van der Waals surface area contributed by atoms with Gasteiger partial charge in [-0.05, 0) is 37.5 Å². The molecule has 0 saturated heterocycles. The highest BCUT2D eigenvalue weighted by atomic mass is 14.6. The van der Waals surface area contributed by atoms with Crippen molar-refractivity contribution in [3.63, 3.8) is 0 Å². The van der Waals surface area contributed by atoms with Gasteiger partial charge in [-0.2, -0.15) is 0 Å². The van der Waals surface area contributed by atoms with E-state index in [0.29, 0.717) is 6.04 Å². The third kappa shape index (κ3) is 3.51. The minimum Gasteiger partial charge on any atom is -0.327 e. The van der Waals surface area contributed by atoms with Crippen molar-refractivity contribution < 1.29 is 0 Å². The van der Waals surface area contributed by atoms with Gasteiger partial charge in [0, 0.05) is 6.04 Å². The minimum atomic E-state index is 0.417. The number of nitrogens with two attached hydrogens (primary N) is 1. The molecule has 1 fully saturated rings. The summed E-state index contributed by atoms with van der Waals surface area (Å²) in [6, 6.07) is 0.417. The van der Waals surface area contributed by atoms with Crippen LogP contribution in [0.3, 0.4) is 0 Å². The van der Waals surface area contributed by atoms with Gasteiger partial charge < -0.3 is 5.73 Å². The molecule has 0 heterocycles. The summed E-state index contributed by atoms with van der Waals surface area (Å²) >= 11 is 0. The molecule has 3 atom stereocenters. The molecule has 13 heavy (non-hydrogen) atoms. The summed E-state index contributed by atoms with van der Waals surface area (Å²) in [6.45, 7) is 6.09. The molecule has 1 heteroatoms. The van der Waals surface area contributed by atoms with Crippen molar-refractivity contribution in [3.05, 3.63) is 12.7 Å². The average molecular weight is 181 g/mol. The SMILES string of the molecule is C=CCCC(N)C1CCCC(C)C1. The van der Waals surface area contributed by atoms with Crippen LogP contribution in [0, 0.1) is 11.8 Å². The van der Waals surface area contributed by atoms with Crippen LogP contribution in [-0.2, 0) is 0 Å². The van der Waals surface area contributed by atoms with Crippen molar-refractivity contribution in [1.29, 1.82) is 0 Å². The normalized spacial score (nSPS) is 31.2. The molecular formula is C12H23N. The Kier molecular flexibility index (Phi) is 4.51. The maximum absolute atomic E-state index is 6.15. The molecule has 1 rings (SSSR count). The van der Waals surface area contributed by atoms with Crippen LogP contribution >= 0.6 is 0 Å². The zero-order valence-electron chi connectivity index (χ0n) is 8.84. The van der Waals surface area contributed by atoms with Gasteiger partial charge in [0.25, 0.3) is 0 Å². The van der Waals surface area contributed by atoms with Crippen LogP contribution in [0.25, 0.3) is 0 Å². The third-order valence-corrected chi connectivity index (χ3v) is 3.29. The summed E-state index contributed by atoms with van der Waals surface area (Å²) in [4.78, 5) is 0. The Morgan fingerprint density at radius 3 is 2.92 bits per heavy atom. The Hall–Kier alpha value is -0.300. The van der Waals surface area contributed by atoms with Crippen LogP contribution in [0.4, 0.5) is 0 Å². The first-order valence-corrected chi connectivity index (χ1v) is 5.60. The van der Waals surface area contributed by atoms with E-state index in [4.69, 9.17) is 5.73 Å². The molecule has 0 bridgehead atoms. The van der Waals surface area contributed by atoms with Crippen molar-refractivity contribution in [2.24, 2.45) is 17.6 Å². The quantitative estimate of drug-likeness (QED) is 0.663. The van der Waals surface area contributed by atoms with E-state index in [0.717, 1.165) is 24.7 Å². The third-order valence-electron chi connectivity index (χ3n) is 3.29. The second kappa shape index (κ2) is 5.43. The molecule has 1 aliphatic carbocycles. The molecule has 3 unspecified atom stereocenters. The fraction of sp³-hybridized carbons (Fsp3) is 0.833. The van der Waals surface area contributed by atoms with Gasteiger partial charge in [-0.1, -0.05) is 25.8 Å². The monoisotopic (exact) mass is 181 g/mol. The van der Waals surface area contributed by atoms with Gasteiger partial charge in [-0.3, -0.25) is 0 Å². The van der Waals surface area contributed by atoms with Gasteiger partial charge in [0.05, 0.1) is 0 Å². The second-order valence-corrected chi connectivity index (χ2v) is 4.56. The van der Waals surface area contributed by atoms with Crippen LogP contribution in [0.15, 0.2) is 12.7 Å². The van der Waals surface area contributed by atoms with E-state index < -0.39 is 0 Å². The van der Waals surface area contributed by atoms with Crippen LogP contribution in [0.5, 0.6) is 0 Å². The predicted octanol–water partition coefficient (Wildman–Crippen LogP) is 3.11. The predicted molar refractivity (Wildman–Crippen MR) is 58.5 cm³/mol. The molecule has 0 radical (unpaired) electrons. The standard InChI is InChI=1S/C12H23N/c1-3-4-8-12(13)11-7-5-6-10(2)9-11/h3,10-12H,1,4-9,13H2,2H3. The van der Waals surface area contributed by atoms with Crippen molar-refractivity contribution in [2.45, 2.75) is 51.5 Å². The van der Waals surface area contributed by atoms with Gasteiger partial charge >= 0.3 is 0 Å². The average Bonchev–Trinajstić information content (AvgIpc) is 2.14. The highest BCUT2D eigenvalue weighted by Gasteiger charge is 2.23. The van der Waals surface area contributed by atoms with E-state index in [1.54, 1.807) is 0 Å². The summed E-state index contributed by atoms with van der Waals surface area (Å²) in [7, 11) is 0. The van der Waals surface area contributed by atoms with Crippen molar-refractivity contribution in [2.75, 3.05) is 0 Å². The Bertz CT molecular complexity index is 153. The zero-order chi connectivity index (χ0) is 9.68. The second-order valence-electron chi connectivity index (χ2n) is 4.56. The van der Waals surface area contributed by atoms with Gasteiger partial charge in [-0.25, -0.2) is 0 Å². The van der Waals surface area contributed by atoms with E-state index in [2.05, 4.69) is 13.5 Å². The molecule has 0 amide bonds. The zero-order valence-corrected chi connectivity index (χ0v) is 8.84. The van der Waals surface area contributed by atoms with Crippen molar-refractivity contribution in [1.82, 2.24) is 0 Å². The van der Waals surface area contributed by atoms with E-state index in [1.807, 2.05) is 6.08 Å². The summed E-state index contributed by atoms with van der Waals surface area (Å²) in [5.41, 5.74) is 6.15. The lowest BCUT2D eigenvalue weighted by Gasteiger charge is -2.31. The Balaban J connectivity index is 2.27. The lowest BCUT2D eigenvalue weighted by Crippen LogP contribution is -2.33. The molecular weight excluding hydrogens is 158 g/mol. The van der Waals surface area contributed by atoms with Gasteiger partial charge in [0.15, 0.2) is 0 Å². The minimum absolute atomic E-state index is 0.417. The van der Waals surface area contributed by atoms with E-state index in [-0.39, 0.29) is 0 Å². The lowest BCUT2D eigenvalue weighted by atomic mass is 9.78. The van der Waals surface area contributed by atoms with Crippen LogP contribution in [-0.4, -0.2) is 6.04 Å². The van der Waals surface area contributed by atoms with Gasteiger partial charge in [-0.15, -0.1) is 6.58 Å². The first kappa shape index (κ1) is 10.8. The Morgan fingerprint density at radius 2 is 2.31 bits per heavy atom. The summed E-state index contributed by atoms with van der Waals surface area (Å²) in [5.74, 6) is 1.68. The molecule has 0 aromatic heterocycles. The maximum atomic E-state index is 6.15. The van der Waals surface area contributed by atoms with E-state index in [9.17, 15) is 0 Å². The molecule has 2 N–H and O–H groups in total. The van der Waals surface area contributed by atoms with Gasteiger partial charge in [0.1, 0.15) is 0 Å². The Morgan fingerprint density at radius 1 is 1.54 bits per heavy atom. The fourth-order valence-electron chi connectivity index (χ4n) is 2.42. The largest absolute Gasteiger partial charge is 0.327 e. The summed E-state index contributed by atoms with van der Waals surface area (Å²) in [6.07, 6.45) is 9.66. The Labute approximate surface area is 82.4 Å². The molecule has 76 valence electrons. The molecule has 1 aliphatic rings. The summed E-state index contributed by atoms with van der Waals surface area (Å²) in [5, 5.41) is 0. The molecule has 1 nitrogen and oxygen atoms in total. The van der Waals surface area contributed by atoms with Crippen molar-refractivity contribution in [3.8, 4) is 0 Å². The maximum Gasteiger partial charge on any atom is 0.00702 e. The number of allylic oxidation sites excluding steroid dienone is 1. The van der Waals surface area contributed by atoms with Crippen LogP contribution < -0.4 is 5.73 Å². The van der Waals surface area contributed by atoms with Gasteiger partial charge in [0.2, 0.25) is 0 Å².